The van der Waals surface area contributed by atoms with Crippen LogP contribution in [0.2, 0.25) is 0 Å². The molecule has 150 valence electrons. The van der Waals surface area contributed by atoms with Gasteiger partial charge in [0.15, 0.2) is 11.5 Å². The molecule has 3 rings (SSSR count). The molecule has 2 aromatic carbocycles. The van der Waals surface area contributed by atoms with Gasteiger partial charge in [-0.3, -0.25) is 14.3 Å². The lowest BCUT2D eigenvalue weighted by Gasteiger charge is -2.12. The summed E-state index contributed by atoms with van der Waals surface area (Å²) in [5.74, 6) is -1.74. The molecule has 0 aliphatic rings. The van der Waals surface area contributed by atoms with Gasteiger partial charge in [-0.25, -0.2) is 13.2 Å². The molecule has 0 amide bonds. The van der Waals surface area contributed by atoms with Crippen LogP contribution in [0.3, 0.4) is 0 Å². The van der Waals surface area contributed by atoms with Crippen molar-refractivity contribution in [1.82, 2.24) is 0 Å². The number of esters is 1. The van der Waals surface area contributed by atoms with Gasteiger partial charge in [-0.15, -0.1) is 0 Å². The highest BCUT2D eigenvalue weighted by atomic mass is 32.2. The Morgan fingerprint density at radius 1 is 1.07 bits per heavy atom. The van der Waals surface area contributed by atoms with Gasteiger partial charge in [-0.2, -0.15) is 0 Å². The second kappa shape index (κ2) is 7.88. The Hall–Kier alpha value is -3.46. The average Bonchev–Trinajstić information content (AvgIpc) is 2.66. The topological polar surface area (TPSA) is 120 Å². The molecule has 0 spiro atoms. The van der Waals surface area contributed by atoms with Gasteiger partial charge in [-0.05, 0) is 43.3 Å². The van der Waals surface area contributed by atoms with Gasteiger partial charge >= 0.3 is 5.97 Å². The fraction of sp³-hybridized carbons (Fsp3) is 0.150. The number of benzene rings is 2. The Kier molecular flexibility index (Phi) is 5.51. The van der Waals surface area contributed by atoms with Crippen molar-refractivity contribution in [3.63, 3.8) is 0 Å². The second-order valence-electron chi connectivity index (χ2n) is 6.33. The summed E-state index contributed by atoms with van der Waals surface area (Å²) >= 11 is 0. The summed E-state index contributed by atoms with van der Waals surface area (Å²) in [6, 6.07) is 13.2. The maximum atomic E-state index is 12.5. The Balaban J connectivity index is 1.74. The molecule has 1 aromatic heterocycles. The quantitative estimate of drug-likeness (QED) is 0.485. The lowest BCUT2D eigenvalue weighted by atomic mass is 10.1. The van der Waals surface area contributed by atoms with E-state index in [1.54, 1.807) is 24.3 Å². The number of fused-ring (bicyclic) bond motifs is 1. The number of ether oxygens (including phenoxy) is 1. The van der Waals surface area contributed by atoms with E-state index < -0.39 is 33.3 Å². The smallest absolute Gasteiger partial charge is 0.375 e. The molecular formula is C20H17NO7S. The fourth-order valence-corrected chi connectivity index (χ4v) is 3.19. The molecule has 3 aromatic rings. The minimum absolute atomic E-state index is 0.226. The molecule has 1 atom stereocenters. The largest absolute Gasteiger partial charge is 0.449 e. The molecule has 0 fully saturated rings. The van der Waals surface area contributed by atoms with Gasteiger partial charge in [0, 0.05) is 17.3 Å². The molecule has 0 aliphatic carbocycles. The van der Waals surface area contributed by atoms with Crippen LogP contribution in [0, 0.1) is 0 Å². The van der Waals surface area contributed by atoms with Crippen molar-refractivity contribution in [3.8, 4) is 0 Å². The number of nitrogens with one attached hydrogen (secondary N) is 1. The maximum Gasteiger partial charge on any atom is 0.375 e. The van der Waals surface area contributed by atoms with Crippen molar-refractivity contribution < 1.29 is 27.2 Å². The molecule has 1 heterocycles. The zero-order valence-corrected chi connectivity index (χ0v) is 16.4. The van der Waals surface area contributed by atoms with E-state index in [0.29, 0.717) is 11.1 Å². The minimum atomic E-state index is -3.43. The fourth-order valence-electron chi connectivity index (χ4n) is 2.63. The highest BCUT2D eigenvalue weighted by molar-refractivity contribution is 7.92. The number of sulfonamides is 1. The first kappa shape index (κ1) is 20.3. The number of hydrogen-bond donors (Lipinski definition) is 1. The standard InChI is InChI=1S/C20H17NO7S/c1-12(19(23)13-7-9-14(10-8-13)21-29(2,25)26)27-20(24)18-11-16(22)15-5-3-4-6-17(15)28-18/h3-12,21H,1-2H3/t12-/m0/s1. The summed E-state index contributed by atoms with van der Waals surface area (Å²) < 4.78 is 35.3. The van der Waals surface area contributed by atoms with Gasteiger partial charge in [0.25, 0.3) is 0 Å². The van der Waals surface area contributed by atoms with Crippen LogP contribution in [-0.4, -0.2) is 32.5 Å². The molecule has 9 heteroatoms. The molecule has 0 radical (unpaired) electrons. The van der Waals surface area contributed by atoms with E-state index in [-0.39, 0.29) is 16.9 Å². The first-order valence-corrected chi connectivity index (χ1v) is 10.4. The number of anilines is 1. The van der Waals surface area contributed by atoms with Crippen molar-refractivity contribution >= 4 is 38.4 Å². The van der Waals surface area contributed by atoms with E-state index in [9.17, 15) is 22.8 Å². The molecule has 0 unspecified atom stereocenters. The normalized spacial score (nSPS) is 12.3. The highest BCUT2D eigenvalue weighted by Gasteiger charge is 2.22. The van der Waals surface area contributed by atoms with Crippen LogP contribution in [0.15, 0.2) is 63.8 Å². The number of Topliss-reactive ketones (excluding diaryl/α,β-unsaturated/α-hetero) is 1. The molecule has 8 nitrogen and oxygen atoms in total. The second-order valence-corrected chi connectivity index (χ2v) is 8.08. The van der Waals surface area contributed by atoms with Crippen molar-refractivity contribution in [2.24, 2.45) is 0 Å². The van der Waals surface area contributed by atoms with Crippen LogP contribution in [0.5, 0.6) is 0 Å². The van der Waals surface area contributed by atoms with E-state index in [1.807, 2.05) is 0 Å². The SMILES string of the molecule is C[C@H](OC(=O)c1cc(=O)c2ccccc2o1)C(=O)c1ccc(NS(C)(=O)=O)cc1. The number of carbonyl (C=O) groups is 2. The van der Waals surface area contributed by atoms with Crippen LogP contribution in [0.1, 0.15) is 27.8 Å². The van der Waals surface area contributed by atoms with Gasteiger partial charge in [0.2, 0.25) is 21.6 Å². The third kappa shape index (κ3) is 4.88. The third-order valence-corrected chi connectivity index (χ3v) is 4.57. The van der Waals surface area contributed by atoms with Crippen LogP contribution < -0.4 is 10.2 Å². The van der Waals surface area contributed by atoms with E-state index in [2.05, 4.69) is 4.72 Å². The number of carbonyl (C=O) groups excluding carboxylic acids is 2. The molecule has 0 bridgehead atoms. The molecule has 0 saturated heterocycles. The molecular weight excluding hydrogens is 398 g/mol. The highest BCUT2D eigenvalue weighted by Crippen LogP contribution is 2.16. The summed E-state index contributed by atoms with van der Waals surface area (Å²) in [6.07, 6.45) is -0.133. The van der Waals surface area contributed by atoms with Gasteiger partial charge in [-0.1, -0.05) is 12.1 Å². The lowest BCUT2D eigenvalue weighted by molar-refractivity contribution is 0.0289. The monoisotopic (exact) mass is 415 g/mol. The summed E-state index contributed by atoms with van der Waals surface area (Å²) in [6.45, 7) is 1.39. The molecule has 0 saturated carbocycles. The number of hydrogen-bond acceptors (Lipinski definition) is 7. The summed E-state index contributed by atoms with van der Waals surface area (Å²) in [5, 5.41) is 0.330. The van der Waals surface area contributed by atoms with Crippen LogP contribution in [0.25, 0.3) is 11.0 Å². The van der Waals surface area contributed by atoms with Gasteiger partial charge < -0.3 is 9.15 Å². The molecule has 1 N–H and O–H groups in total. The van der Waals surface area contributed by atoms with Crippen LogP contribution >= 0.6 is 0 Å². The van der Waals surface area contributed by atoms with Crippen molar-refractivity contribution in [2.45, 2.75) is 13.0 Å². The minimum Gasteiger partial charge on any atom is -0.449 e. The Morgan fingerprint density at radius 2 is 1.72 bits per heavy atom. The predicted molar refractivity (Wildman–Crippen MR) is 107 cm³/mol. The number of rotatable bonds is 6. The van der Waals surface area contributed by atoms with Gasteiger partial charge in [0.05, 0.1) is 11.6 Å². The Labute approximate surface area is 166 Å². The summed E-state index contributed by atoms with van der Waals surface area (Å²) in [4.78, 5) is 36.9. The van der Waals surface area contributed by atoms with Crippen LogP contribution in [0.4, 0.5) is 5.69 Å². The lowest BCUT2D eigenvalue weighted by Crippen LogP contribution is -2.25. The van der Waals surface area contributed by atoms with Crippen molar-refractivity contribution in [2.75, 3.05) is 11.0 Å². The van der Waals surface area contributed by atoms with Gasteiger partial charge in [0.1, 0.15) is 5.58 Å². The maximum absolute atomic E-state index is 12.5. The summed E-state index contributed by atoms with van der Waals surface area (Å²) in [5.41, 5.74) is 0.364. The first-order chi connectivity index (χ1) is 13.6. The van der Waals surface area contributed by atoms with E-state index in [0.717, 1.165) is 12.3 Å². The Morgan fingerprint density at radius 3 is 2.38 bits per heavy atom. The zero-order chi connectivity index (χ0) is 21.2. The first-order valence-electron chi connectivity index (χ1n) is 8.50. The van der Waals surface area contributed by atoms with Crippen molar-refractivity contribution in [3.05, 3.63) is 76.1 Å². The third-order valence-electron chi connectivity index (χ3n) is 3.96. The van der Waals surface area contributed by atoms with E-state index in [4.69, 9.17) is 9.15 Å². The van der Waals surface area contributed by atoms with Crippen LogP contribution in [-0.2, 0) is 14.8 Å². The number of ketones is 1. The molecule has 0 aliphatic heterocycles. The number of para-hydroxylation sites is 1. The molecule has 29 heavy (non-hydrogen) atoms. The average molecular weight is 415 g/mol. The zero-order valence-electron chi connectivity index (χ0n) is 15.5. The van der Waals surface area contributed by atoms with E-state index >= 15 is 0 Å². The van der Waals surface area contributed by atoms with Crippen molar-refractivity contribution in [1.29, 1.82) is 0 Å². The summed E-state index contributed by atoms with van der Waals surface area (Å²) in [7, 11) is -3.43. The Bertz CT molecular complexity index is 1240. The predicted octanol–water partition coefficient (Wildman–Crippen LogP) is 2.59. The van der Waals surface area contributed by atoms with E-state index in [1.165, 1.54) is 31.2 Å².